The summed E-state index contributed by atoms with van der Waals surface area (Å²) in [4.78, 5) is 15.6. The van der Waals surface area contributed by atoms with Crippen LogP contribution in [-0.2, 0) is 14.9 Å². The molecule has 4 heteroatoms. The topological polar surface area (TPSA) is 29.5 Å². The summed E-state index contributed by atoms with van der Waals surface area (Å²) in [5, 5.41) is 0.739. The molecule has 2 aromatic carbocycles. The highest BCUT2D eigenvalue weighted by molar-refractivity contribution is 6.30. The number of amides is 1. The third kappa shape index (κ3) is 2.41. The molecule has 0 radical (unpaired) electrons. The van der Waals surface area contributed by atoms with Crippen LogP contribution in [-0.4, -0.2) is 25.7 Å². The monoisotopic (exact) mass is 367 g/mol. The quantitative estimate of drug-likeness (QED) is 0.797. The fourth-order valence-electron chi connectivity index (χ4n) is 4.81. The number of rotatable bonds is 3. The van der Waals surface area contributed by atoms with Crippen LogP contribution >= 0.6 is 11.6 Å². The SMILES string of the molecule is O=C1N(CC2CCOCC2)c2ccccc2C12CC2c1ccc(Cl)cc1. The molecule has 3 nitrogen and oxygen atoms in total. The first-order chi connectivity index (χ1) is 12.7. The fraction of sp³-hybridized carbons (Fsp3) is 0.409. The van der Waals surface area contributed by atoms with Crippen molar-refractivity contribution in [2.45, 2.75) is 30.6 Å². The lowest BCUT2D eigenvalue weighted by Gasteiger charge is -2.27. The van der Waals surface area contributed by atoms with Crippen LogP contribution in [0, 0.1) is 5.92 Å². The van der Waals surface area contributed by atoms with Crippen molar-refractivity contribution >= 4 is 23.2 Å². The summed E-state index contributed by atoms with van der Waals surface area (Å²) in [7, 11) is 0. The van der Waals surface area contributed by atoms with E-state index < -0.39 is 0 Å². The van der Waals surface area contributed by atoms with E-state index in [4.69, 9.17) is 16.3 Å². The number of anilines is 1. The zero-order valence-corrected chi connectivity index (χ0v) is 15.4. The van der Waals surface area contributed by atoms with E-state index in [1.54, 1.807) is 0 Å². The van der Waals surface area contributed by atoms with Gasteiger partial charge in [0, 0.05) is 36.4 Å². The van der Waals surface area contributed by atoms with Gasteiger partial charge in [-0.05, 0) is 54.5 Å². The Morgan fingerprint density at radius 1 is 1.08 bits per heavy atom. The number of nitrogens with zero attached hydrogens (tertiary/aromatic N) is 1. The summed E-state index contributed by atoms with van der Waals surface area (Å²) in [5.74, 6) is 1.07. The Balaban J connectivity index is 1.48. The van der Waals surface area contributed by atoms with Crippen LogP contribution in [0.4, 0.5) is 5.69 Å². The molecule has 3 aliphatic rings. The Morgan fingerprint density at radius 2 is 1.81 bits per heavy atom. The Bertz CT molecular complexity index is 843. The molecule has 2 fully saturated rings. The number of hydrogen-bond donors (Lipinski definition) is 0. The molecule has 1 saturated carbocycles. The Labute approximate surface area is 158 Å². The molecule has 1 saturated heterocycles. The molecule has 1 aliphatic carbocycles. The number of benzene rings is 2. The lowest BCUT2D eigenvalue weighted by molar-refractivity contribution is -0.120. The van der Waals surface area contributed by atoms with Gasteiger partial charge >= 0.3 is 0 Å². The lowest BCUT2D eigenvalue weighted by atomic mass is 9.92. The first-order valence-corrected chi connectivity index (χ1v) is 9.82. The normalized spacial score (nSPS) is 27.8. The van der Waals surface area contributed by atoms with Gasteiger partial charge in [0.25, 0.3) is 0 Å². The van der Waals surface area contributed by atoms with Crippen molar-refractivity contribution in [2.75, 3.05) is 24.7 Å². The molecule has 0 aromatic heterocycles. The van der Waals surface area contributed by atoms with Crippen LogP contribution in [0.3, 0.4) is 0 Å². The average Bonchev–Trinajstić information content (AvgIpc) is 3.39. The third-order valence-corrected chi connectivity index (χ3v) is 6.57. The van der Waals surface area contributed by atoms with Crippen molar-refractivity contribution in [2.24, 2.45) is 5.92 Å². The molecule has 2 unspecified atom stereocenters. The molecule has 1 amide bonds. The standard InChI is InChI=1S/C22H22ClNO2/c23-17-7-5-16(6-8-17)19-13-22(19)18-3-1-2-4-20(18)24(21(22)25)14-15-9-11-26-12-10-15/h1-8,15,19H,9-14H2. The largest absolute Gasteiger partial charge is 0.381 e. The van der Waals surface area contributed by atoms with E-state index >= 15 is 0 Å². The van der Waals surface area contributed by atoms with Gasteiger partial charge in [-0.15, -0.1) is 0 Å². The highest BCUT2D eigenvalue weighted by atomic mass is 35.5. The number of hydrogen-bond acceptors (Lipinski definition) is 2. The zero-order valence-electron chi connectivity index (χ0n) is 14.7. The molecule has 134 valence electrons. The number of carbonyl (C=O) groups is 1. The molecule has 5 rings (SSSR count). The average molecular weight is 368 g/mol. The maximum atomic E-state index is 13.5. The van der Waals surface area contributed by atoms with Gasteiger partial charge in [-0.2, -0.15) is 0 Å². The van der Waals surface area contributed by atoms with Gasteiger partial charge in [0.05, 0.1) is 5.41 Å². The second-order valence-corrected chi connectivity index (χ2v) is 8.20. The van der Waals surface area contributed by atoms with Crippen molar-refractivity contribution < 1.29 is 9.53 Å². The Hall–Kier alpha value is -1.84. The maximum Gasteiger partial charge on any atom is 0.238 e. The Kier molecular flexibility index (Phi) is 3.84. The predicted octanol–water partition coefficient (Wildman–Crippen LogP) is 4.54. The van der Waals surface area contributed by atoms with Gasteiger partial charge < -0.3 is 9.64 Å². The van der Waals surface area contributed by atoms with E-state index in [0.29, 0.717) is 5.92 Å². The van der Waals surface area contributed by atoms with Gasteiger partial charge in [0.15, 0.2) is 0 Å². The van der Waals surface area contributed by atoms with E-state index in [-0.39, 0.29) is 17.2 Å². The van der Waals surface area contributed by atoms with Crippen molar-refractivity contribution in [1.82, 2.24) is 0 Å². The third-order valence-electron chi connectivity index (χ3n) is 6.32. The predicted molar refractivity (Wildman–Crippen MR) is 103 cm³/mol. The number of fused-ring (bicyclic) bond motifs is 2. The van der Waals surface area contributed by atoms with Gasteiger partial charge in [-0.1, -0.05) is 41.9 Å². The second-order valence-electron chi connectivity index (χ2n) is 7.77. The minimum absolute atomic E-state index is 0.258. The number of para-hydroxylation sites is 1. The van der Waals surface area contributed by atoms with Crippen molar-refractivity contribution in [3.8, 4) is 0 Å². The highest BCUT2D eigenvalue weighted by Crippen LogP contribution is 2.66. The van der Waals surface area contributed by atoms with Crippen LogP contribution in [0.25, 0.3) is 0 Å². The first kappa shape index (κ1) is 16.3. The first-order valence-electron chi connectivity index (χ1n) is 9.45. The Morgan fingerprint density at radius 3 is 2.58 bits per heavy atom. The molecule has 2 aromatic rings. The van der Waals surface area contributed by atoms with Crippen molar-refractivity contribution in [3.05, 3.63) is 64.7 Å². The maximum absolute atomic E-state index is 13.5. The van der Waals surface area contributed by atoms with Crippen LogP contribution in [0.15, 0.2) is 48.5 Å². The van der Waals surface area contributed by atoms with Gasteiger partial charge in [0.2, 0.25) is 5.91 Å². The second kappa shape index (κ2) is 6.11. The lowest BCUT2D eigenvalue weighted by Crippen LogP contribution is -2.38. The van der Waals surface area contributed by atoms with Crippen LogP contribution in [0.5, 0.6) is 0 Å². The molecule has 26 heavy (non-hydrogen) atoms. The minimum atomic E-state index is -0.365. The molecular formula is C22H22ClNO2. The molecule has 0 N–H and O–H groups in total. The summed E-state index contributed by atoms with van der Waals surface area (Å²) in [6.45, 7) is 2.44. The van der Waals surface area contributed by atoms with Crippen LogP contribution < -0.4 is 4.90 Å². The van der Waals surface area contributed by atoms with E-state index in [0.717, 1.165) is 49.7 Å². The number of halogens is 1. The summed E-state index contributed by atoms with van der Waals surface area (Å²) in [6, 6.07) is 16.3. The minimum Gasteiger partial charge on any atom is -0.381 e. The van der Waals surface area contributed by atoms with E-state index in [1.807, 2.05) is 18.2 Å². The van der Waals surface area contributed by atoms with Gasteiger partial charge in [-0.25, -0.2) is 0 Å². The fourth-order valence-corrected chi connectivity index (χ4v) is 4.94. The molecule has 2 atom stereocenters. The summed E-state index contributed by atoms with van der Waals surface area (Å²) < 4.78 is 5.48. The summed E-state index contributed by atoms with van der Waals surface area (Å²) in [5.41, 5.74) is 3.17. The number of carbonyl (C=O) groups excluding carboxylic acids is 1. The molecule has 1 spiro atoms. The van der Waals surface area contributed by atoms with Gasteiger partial charge in [0.1, 0.15) is 0 Å². The zero-order chi connectivity index (χ0) is 17.7. The molecular weight excluding hydrogens is 346 g/mol. The molecule has 2 aliphatic heterocycles. The van der Waals surface area contributed by atoms with Crippen molar-refractivity contribution in [1.29, 1.82) is 0 Å². The van der Waals surface area contributed by atoms with Gasteiger partial charge in [-0.3, -0.25) is 4.79 Å². The van der Waals surface area contributed by atoms with Crippen LogP contribution in [0.2, 0.25) is 5.02 Å². The van der Waals surface area contributed by atoms with Crippen molar-refractivity contribution in [3.63, 3.8) is 0 Å². The highest BCUT2D eigenvalue weighted by Gasteiger charge is 2.67. The number of ether oxygens (including phenoxy) is 1. The van der Waals surface area contributed by atoms with E-state index in [2.05, 4.69) is 35.2 Å². The summed E-state index contributed by atoms with van der Waals surface area (Å²) >= 11 is 6.04. The van der Waals surface area contributed by atoms with E-state index in [9.17, 15) is 4.79 Å². The summed E-state index contributed by atoms with van der Waals surface area (Å²) in [6.07, 6.45) is 2.98. The molecule has 0 bridgehead atoms. The molecule has 2 heterocycles. The van der Waals surface area contributed by atoms with E-state index in [1.165, 1.54) is 11.1 Å². The van der Waals surface area contributed by atoms with Crippen LogP contribution in [0.1, 0.15) is 36.3 Å². The smallest absolute Gasteiger partial charge is 0.238 e.